The average Bonchev–Trinajstić information content (AvgIpc) is 2.75. The van der Waals surface area contributed by atoms with Gasteiger partial charge in [-0.15, -0.1) is 0 Å². The van der Waals surface area contributed by atoms with Crippen molar-refractivity contribution < 1.29 is 0 Å². The Morgan fingerprint density at radius 2 is 1.75 bits per heavy atom. The van der Waals surface area contributed by atoms with Gasteiger partial charge in [-0.25, -0.2) is 4.98 Å². The van der Waals surface area contributed by atoms with Crippen LogP contribution in [0.3, 0.4) is 0 Å². The van der Waals surface area contributed by atoms with Gasteiger partial charge in [-0.2, -0.15) is 0 Å². The molecule has 2 aromatic carbocycles. The fraction of sp³-hybridized carbons (Fsp3) is 0. The molecule has 0 bridgehead atoms. The lowest BCUT2D eigenvalue weighted by Gasteiger charge is -2.04. The number of benzene rings is 2. The number of para-hydroxylation sites is 2. The Labute approximate surface area is 102 Å². The highest BCUT2D eigenvalue weighted by Crippen LogP contribution is 2.25. The first-order valence-corrected chi connectivity index (χ1v) is 5.82. The molecule has 3 aromatic rings. The predicted octanol–water partition coefficient (Wildman–Crippen LogP) is 3.79. The Hall–Kier alpha value is -1.61. The van der Waals surface area contributed by atoms with Gasteiger partial charge in [0.05, 0.1) is 11.0 Å². The van der Waals surface area contributed by atoms with Crippen LogP contribution >= 0.6 is 15.9 Å². The number of halogens is 1. The molecule has 0 aliphatic heterocycles. The average molecular weight is 273 g/mol. The SMILES string of the molecule is Brc1cccc2ncn(-c3ccccc3)c12. The molecule has 78 valence electrons. The molecule has 3 heteroatoms. The minimum atomic E-state index is 0.998. The first kappa shape index (κ1) is 9.60. The molecule has 0 fully saturated rings. The minimum absolute atomic E-state index is 0.998. The fourth-order valence-corrected chi connectivity index (χ4v) is 2.36. The summed E-state index contributed by atoms with van der Waals surface area (Å²) in [7, 11) is 0. The van der Waals surface area contributed by atoms with E-state index in [0.29, 0.717) is 0 Å². The topological polar surface area (TPSA) is 17.8 Å². The van der Waals surface area contributed by atoms with Crippen LogP contribution < -0.4 is 0 Å². The quantitative estimate of drug-likeness (QED) is 0.659. The number of hydrogen-bond acceptors (Lipinski definition) is 1. The van der Waals surface area contributed by atoms with Crippen molar-refractivity contribution in [3.8, 4) is 5.69 Å². The minimum Gasteiger partial charge on any atom is -0.298 e. The molecule has 16 heavy (non-hydrogen) atoms. The second-order valence-electron chi connectivity index (χ2n) is 3.56. The lowest BCUT2D eigenvalue weighted by Crippen LogP contribution is -1.91. The molecule has 0 unspecified atom stereocenters. The van der Waals surface area contributed by atoms with E-state index >= 15 is 0 Å². The second kappa shape index (κ2) is 3.76. The first-order valence-electron chi connectivity index (χ1n) is 5.03. The van der Waals surface area contributed by atoms with Gasteiger partial charge in [-0.1, -0.05) is 24.3 Å². The summed E-state index contributed by atoms with van der Waals surface area (Å²) in [5, 5.41) is 0. The maximum absolute atomic E-state index is 4.39. The number of fused-ring (bicyclic) bond motifs is 1. The van der Waals surface area contributed by atoms with Gasteiger partial charge in [-0.05, 0) is 40.2 Å². The van der Waals surface area contributed by atoms with E-state index in [-0.39, 0.29) is 0 Å². The van der Waals surface area contributed by atoms with Gasteiger partial charge in [0.2, 0.25) is 0 Å². The van der Waals surface area contributed by atoms with E-state index in [0.717, 1.165) is 21.2 Å². The summed E-state index contributed by atoms with van der Waals surface area (Å²) in [6.45, 7) is 0. The summed E-state index contributed by atoms with van der Waals surface area (Å²) in [5.74, 6) is 0. The van der Waals surface area contributed by atoms with Gasteiger partial charge in [0.25, 0.3) is 0 Å². The fourth-order valence-electron chi connectivity index (χ4n) is 1.81. The number of hydrogen-bond donors (Lipinski definition) is 0. The molecular weight excluding hydrogens is 264 g/mol. The van der Waals surface area contributed by atoms with E-state index < -0.39 is 0 Å². The molecule has 1 aromatic heterocycles. The molecule has 0 aliphatic rings. The Morgan fingerprint density at radius 1 is 0.938 bits per heavy atom. The van der Waals surface area contributed by atoms with Crippen molar-refractivity contribution in [1.82, 2.24) is 9.55 Å². The van der Waals surface area contributed by atoms with Crippen LogP contribution in [-0.4, -0.2) is 9.55 Å². The highest BCUT2D eigenvalue weighted by atomic mass is 79.9. The van der Waals surface area contributed by atoms with Gasteiger partial charge in [0, 0.05) is 10.2 Å². The molecule has 0 aliphatic carbocycles. The van der Waals surface area contributed by atoms with Crippen molar-refractivity contribution in [2.75, 3.05) is 0 Å². The zero-order chi connectivity index (χ0) is 11.0. The van der Waals surface area contributed by atoms with Crippen LogP contribution in [0.25, 0.3) is 16.7 Å². The van der Waals surface area contributed by atoms with E-state index in [9.17, 15) is 0 Å². The standard InChI is InChI=1S/C13H9BrN2/c14-11-7-4-8-12-13(11)16(9-15-12)10-5-2-1-3-6-10/h1-9H. The lowest BCUT2D eigenvalue weighted by atomic mass is 10.3. The highest BCUT2D eigenvalue weighted by Gasteiger charge is 2.06. The molecule has 0 N–H and O–H groups in total. The number of rotatable bonds is 1. The van der Waals surface area contributed by atoms with Crippen LogP contribution in [0.2, 0.25) is 0 Å². The smallest absolute Gasteiger partial charge is 0.100 e. The zero-order valence-electron chi connectivity index (χ0n) is 8.47. The molecular formula is C13H9BrN2. The summed E-state index contributed by atoms with van der Waals surface area (Å²) < 4.78 is 3.14. The van der Waals surface area contributed by atoms with E-state index in [1.54, 1.807) is 0 Å². The van der Waals surface area contributed by atoms with E-state index in [4.69, 9.17) is 0 Å². The predicted molar refractivity (Wildman–Crippen MR) is 68.8 cm³/mol. The van der Waals surface area contributed by atoms with E-state index in [2.05, 4.69) is 37.6 Å². The van der Waals surface area contributed by atoms with Crippen LogP contribution in [0, 0.1) is 0 Å². The van der Waals surface area contributed by atoms with Gasteiger partial charge >= 0.3 is 0 Å². The largest absolute Gasteiger partial charge is 0.298 e. The summed E-state index contributed by atoms with van der Waals surface area (Å²) in [5.41, 5.74) is 3.23. The summed E-state index contributed by atoms with van der Waals surface area (Å²) >= 11 is 3.56. The maximum atomic E-state index is 4.39. The summed E-state index contributed by atoms with van der Waals surface area (Å²) in [4.78, 5) is 4.39. The molecule has 2 nitrogen and oxygen atoms in total. The van der Waals surface area contributed by atoms with Crippen molar-refractivity contribution >= 4 is 27.0 Å². The Bertz CT molecular complexity index is 629. The Balaban J connectivity index is 2.33. The van der Waals surface area contributed by atoms with E-state index in [1.165, 1.54) is 0 Å². The normalized spacial score (nSPS) is 10.8. The van der Waals surface area contributed by atoms with Crippen molar-refractivity contribution in [1.29, 1.82) is 0 Å². The second-order valence-corrected chi connectivity index (χ2v) is 4.41. The van der Waals surface area contributed by atoms with Crippen LogP contribution in [0.15, 0.2) is 59.3 Å². The van der Waals surface area contributed by atoms with Crippen molar-refractivity contribution in [3.05, 3.63) is 59.3 Å². The van der Waals surface area contributed by atoms with Crippen LogP contribution in [0.5, 0.6) is 0 Å². The lowest BCUT2D eigenvalue weighted by molar-refractivity contribution is 1.09. The number of aromatic nitrogens is 2. The molecule has 0 atom stereocenters. The Morgan fingerprint density at radius 3 is 2.56 bits per heavy atom. The molecule has 0 radical (unpaired) electrons. The Kier molecular flexibility index (Phi) is 2.26. The van der Waals surface area contributed by atoms with E-state index in [1.807, 2.05) is 42.7 Å². The molecule has 3 rings (SSSR count). The van der Waals surface area contributed by atoms with Crippen LogP contribution in [-0.2, 0) is 0 Å². The van der Waals surface area contributed by atoms with Crippen LogP contribution in [0.1, 0.15) is 0 Å². The third-order valence-electron chi connectivity index (χ3n) is 2.55. The van der Waals surface area contributed by atoms with Crippen molar-refractivity contribution in [2.45, 2.75) is 0 Å². The van der Waals surface area contributed by atoms with Gasteiger partial charge in [-0.3, -0.25) is 4.57 Å². The zero-order valence-corrected chi connectivity index (χ0v) is 10.1. The first-order chi connectivity index (χ1) is 7.86. The number of nitrogens with zero attached hydrogens (tertiary/aromatic N) is 2. The third kappa shape index (κ3) is 1.44. The molecule has 0 amide bonds. The van der Waals surface area contributed by atoms with Crippen molar-refractivity contribution in [2.24, 2.45) is 0 Å². The molecule has 0 saturated carbocycles. The van der Waals surface area contributed by atoms with Gasteiger partial charge in [0.1, 0.15) is 6.33 Å². The monoisotopic (exact) mass is 272 g/mol. The highest BCUT2D eigenvalue weighted by molar-refractivity contribution is 9.10. The molecule has 1 heterocycles. The third-order valence-corrected chi connectivity index (χ3v) is 3.19. The van der Waals surface area contributed by atoms with Gasteiger partial charge in [0.15, 0.2) is 0 Å². The van der Waals surface area contributed by atoms with Gasteiger partial charge < -0.3 is 0 Å². The summed E-state index contributed by atoms with van der Waals surface area (Å²) in [6, 6.07) is 16.2. The maximum Gasteiger partial charge on any atom is 0.100 e. The molecule has 0 spiro atoms. The summed E-state index contributed by atoms with van der Waals surface area (Å²) in [6.07, 6.45) is 1.85. The molecule has 0 saturated heterocycles. The van der Waals surface area contributed by atoms with Crippen molar-refractivity contribution in [3.63, 3.8) is 0 Å². The number of imidazole rings is 1. The van der Waals surface area contributed by atoms with Crippen LogP contribution in [0.4, 0.5) is 0 Å².